The summed E-state index contributed by atoms with van der Waals surface area (Å²) in [5, 5.41) is 11.0. The Balaban J connectivity index is 1.54. The van der Waals surface area contributed by atoms with Crippen LogP contribution in [0.15, 0.2) is 28.2 Å². The second-order valence-electron chi connectivity index (χ2n) is 4.96. The molecule has 2 aromatic rings. The molecule has 108 valence electrons. The highest BCUT2D eigenvalue weighted by atomic mass is 32.1. The van der Waals surface area contributed by atoms with Gasteiger partial charge in [0.1, 0.15) is 6.26 Å². The van der Waals surface area contributed by atoms with Gasteiger partial charge in [-0.2, -0.15) is 0 Å². The number of thiophene rings is 1. The smallest absolute Gasteiger partial charge is 0.236 e. The highest BCUT2D eigenvalue weighted by Crippen LogP contribution is 2.24. The molecule has 1 fully saturated rings. The van der Waals surface area contributed by atoms with Crippen molar-refractivity contribution in [1.29, 1.82) is 0 Å². The lowest BCUT2D eigenvalue weighted by Crippen LogP contribution is -2.46. The first-order valence-electron chi connectivity index (χ1n) is 6.89. The van der Waals surface area contributed by atoms with Gasteiger partial charge in [-0.1, -0.05) is 6.07 Å². The Hall–Kier alpha value is -1.21. The minimum Gasteiger partial charge on any atom is -0.444 e. The number of rotatable bonds is 5. The van der Waals surface area contributed by atoms with E-state index in [4.69, 9.17) is 9.52 Å². The van der Waals surface area contributed by atoms with E-state index in [-0.39, 0.29) is 6.61 Å². The fraction of sp³-hybridized carbons (Fsp3) is 0.500. The molecule has 0 amide bonds. The van der Waals surface area contributed by atoms with Crippen LogP contribution >= 0.6 is 11.3 Å². The van der Waals surface area contributed by atoms with Gasteiger partial charge in [-0.15, -0.1) is 11.3 Å². The van der Waals surface area contributed by atoms with Gasteiger partial charge in [0.25, 0.3) is 0 Å². The predicted octanol–water partition coefficient (Wildman–Crippen LogP) is 1.51. The van der Waals surface area contributed by atoms with Gasteiger partial charge in [-0.25, -0.2) is 4.98 Å². The molecule has 0 aliphatic carbocycles. The highest BCUT2D eigenvalue weighted by Gasteiger charge is 2.18. The van der Waals surface area contributed by atoms with Crippen LogP contribution in [0.2, 0.25) is 0 Å². The van der Waals surface area contributed by atoms with Crippen LogP contribution < -0.4 is 0 Å². The lowest BCUT2D eigenvalue weighted by atomic mass is 10.3. The standard InChI is InChI=1S/C14H19N3O2S/c18-8-7-16-3-5-17(6-4-16)10-12-11-19-14(15-12)13-2-1-9-20-13/h1-2,9,11,18H,3-8,10H2. The van der Waals surface area contributed by atoms with Crippen LogP contribution in [0.5, 0.6) is 0 Å². The van der Waals surface area contributed by atoms with Crippen LogP contribution in [0.1, 0.15) is 5.69 Å². The molecule has 0 spiro atoms. The number of aromatic nitrogens is 1. The molecule has 5 nitrogen and oxygen atoms in total. The van der Waals surface area contributed by atoms with Crippen LogP contribution in [0, 0.1) is 0 Å². The van der Waals surface area contributed by atoms with Crippen LogP contribution in [0.3, 0.4) is 0 Å². The normalized spacial score (nSPS) is 17.6. The van der Waals surface area contributed by atoms with Crippen LogP contribution in [0.25, 0.3) is 10.8 Å². The molecule has 1 saturated heterocycles. The summed E-state index contributed by atoms with van der Waals surface area (Å²) in [5.41, 5.74) is 0.990. The van der Waals surface area contributed by atoms with Gasteiger partial charge in [0.2, 0.25) is 5.89 Å². The summed E-state index contributed by atoms with van der Waals surface area (Å²) < 4.78 is 5.54. The fourth-order valence-corrected chi connectivity index (χ4v) is 3.09. The zero-order chi connectivity index (χ0) is 13.8. The minimum absolute atomic E-state index is 0.244. The largest absolute Gasteiger partial charge is 0.444 e. The van der Waals surface area contributed by atoms with Crippen LogP contribution in [0.4, 0.5) is 0 Å². The van der Waals surface area contributed by atoms with Crippen LogP contribution in [-0.4, -0.2) is 59.2 Å². The summed E-state index contributed by atoms with van der Waals surface area (Å²) in [6, 6.07) is 4.03. The Bertz CT molecular complexity index is 518. The Labute approximate surface area is 122 Å². The average molecular weight is 293 g/mol. The predicted molar refractivity (Wildman–Crippen MR) is 78.6 cm³/mol. The summed E-state index contributed by atoms with van der Waals surface area (Å²) in [5.74, 6) is 0.717. The molecule has 0 unspecified atom stereocenters. The third-order valence-corrected chi connectivity index (χ3v) is 4.41. The van der Waals surface area contributed by atoms with Crippen molar-refractivity contribution in [1.82, 2.24) is 14.8 Å². The van der Waals surface area contributed by atoms with Gasteiger partial charge in [0.15, 0.2) is 0 Å². The van der Waals surface area contributed by atoms with Gasteiger partial charge in [-0.3, -0.25) is 9.80 Å². The number of hydrogen-bond donors (Lipinski definition) is 1. The third kappa shape index (κ3) is 3.27. The lowest BCUT2D eigenvalue weighted by molar-refractivity contribution is 0.107. The van der Waals surface area contributed by atoms with Crippen molar-refractivity contribution in [3.8, 4) is 10.8 Å². The highest BCUT2D eigenvalue weighted by molar-refractivity contribution is 7.13. The van der Waals surface area contributed by atoms with Gasteiger partial charge < -0.3 is 9.52 Å². The summed E-state index contributed by atoms with van der Waals surface area (Å²) in [6.07, 6.45) is 1.76. The van der Waals surface area contributed by atoms with Gasteiger partial charge in [0.05, 0.1) is 17.2 Å². The molecule has 0 saturated carbocycles. The SMILES string of the molecule is OCCN1CCN(Cc2coc(-c3cccs3)n2)CC1. The molecule has 0 atom stereocenters. The second-order valence-corrected chi connectivity index (χ2v) is 5.91. The quantitative estimate of drug-likeness (QED) is 0.905. The number of aliphatic hydroxyl groups excluding tert-OH is 1. The van der Waals surface area contributed by atoms with E-state index >= 15 is 0 Å². The van der Waals surface area contributed by atoms with Crippen LogP contribution in [-0.2, 0) is 6.54 Å². The summed E-state index contributed by atoms with van der Waals surface area (Å²) >= 11 is 1.64. The molecule has 1 N–H and O–H groups in total. The number of aliphatic hydroxyl groups is 1. The van der Waals surface area contributed by atoms with E-state index in [0.717, 1.165) is 49.8 Å². The van der Waals surface area contributed by atoms with E-state index in [1.165, 1.54) is 0 Å². The Kier molecular flexibility index (Phi) is 4.47. The monoisotopic (exact) mass is 293 g/mol. The van der Waals surface area contributed by atoms with E-state index in [2.05, 4.69) is 14.8 Å². The summed E-state index contributed by atoms with van der Waals surface area (Å²) in [7, 11) is 0. The van der Waals surface area contributed by atoms with Gasteiger partial charge in [-0.05, 0) is 11.4 Å². The molecule has 20 heavy (non-hydrogen) atoms. The molecule has 0 bridgehead atoms. The van der Waals surface area contributed by atoms with Crippen molar-refractivity contribution in [2.24, 2.45) is 0 Å². The van der Waals surface area contributed by atoms with E-state index in [1.807, 2.05) is 17.5 Å². The first kappa shape index (κ1) is 13.8. The van der Waals surface area contributed by atoms with Crippen molar-refractivity contribution >= 4 is 11.3 Å². The molecule has 6 heteroatoms. The zero-order valence-corrected chi connectivity index (χ0v) is 12.2. The summed E-state index contributed by atoms with van der Waals surface area (Å²) in [6.45, 7) is 5.91. The topological polar surface area (TPSA) is 52.7 Å². The van der Waals surface area contributed by atoms with Crippen molar-refractivity contribution in [3.63, 3.8) is 0 Å². The molecule has 1 aliphatic rings. The number of β-amino-alcohol motifs (C(OH)–C–C–N with tert-alkyl or cyclic N) is 1. The van der Waals surface area contributed by atoms with Gasteiger partial charge in [0, 0.05) is 39.3 Å². The van der Waals surface area contributed by atoms with E-state index in [1.54, 1.807) is 17.6 Å². The van der Waals surface area contributed by atoms with Crippen molar-refractivity contribution in [2.75, 3.05) is 39.3 Å². The lowest BCUT2D eigenvalue weighted by Gasteiger charge is -2.33. The van der Waals surface area contributed by atoms with Crippen molar-refractivity contribution < 1.29 is 9.52 Å². The minimum atomic E-state index is 0.244. The number of hydrogen-bond acceptors (Lipinski definition) is 6. The molecule has 3 rings (SSSR count). The molecule has 3 heterocycles. The molecule has 2 aromatic heterocycles. The van der Waals surface area contributed by atoms with E-state index in [0.29, 0.717) is 5.89 Å². The Morgan fingerprint density at radius 3 is 2.75 bits per heavy atom. The fourth-order valence-electron chi connectivity index (χ4n) is 2.43. The van der Waals surface area contributed by atoms with Gasteiger partial charge >= 0.3 is 0 Å². The maximum atomic E-state index is 8.94. The molecular weight excluding hydrogens is 274 g/mol. The Morgan fingerprint density at radius 2 is 2.05 bits per heavy atom. The third-order valence-electron chi connectivity index (χ3n) is 3.55. The maximum Gasteiger partial charge on any atom is 0.236 e. The Morgan fingerprint density at radius 1 is 1.25 bits per heavy atom. The number of piperazine rings is 1. The van der Waals surface area contributed by atoms with Crippen molar-refractivity contribution in [3.05, 3.63) is 29.5 Å². The number of oxazole rings is 1. The first-order valence-corrected chi connectivity index (χ1v) is 7.77. The number of nitrogens with zero attached hydrogens (tertiary/aromatic N) is 3. The molecule has 1 aliphatic heterocycles. The molecule has 0 radical (unpaired) electrons. The second kappa shape index (κ2) is 6.49. The molecular formula is C14H19N3O2S. The zero-order valence-electron chi connectivity index (χ0n) is 11.4. The maximum absolute atomic E-state index is 8.94. The van der Waals surface area contributed by atoms with E-state index < -0.39 is 0 Å². The molecule has 0 aromatic carbocycles. The first-order chi connectivity index (χ1) is 9.85. The summed E-state index contributed by atoms with van der Waals surface area (Å²) in [4.78, 5) is 10.3. The van der Waals surface area contributed by atoms with E-state index in [9.17, 15) is 0 Å². The van der Waals surface area contributed by atoms with Crippen molar-refractivity contribution in [2.45, 2.75) is 6.54 Å². The average Bonchev–Trinajstić information content (AvgIpc) is 3.12.